The van der Waals surface area contributed by atoms with Gasteiger partial charge in [-0.2, -0.15) is 10.1 Å². The van der Waals surface area contributed by atoms with Crippen molar-refractivity contribution in [2.45, 2.75) is 0 Å². The molecule has 2 aromatic carbocycles. The monoisotopic (exact) mass is 398 g/mol. The molecular formula is C20H20F2N6O. The largest absolute Gasteiger partial charge is 0.497 e. The first-order chi connectivity index (χ1) is 14.1. The van der Waals surface area contributed by atoms with Crippen LogP contribution < -0.4 is 19.9 Å². The van der Waals surface area contributed by atoms with Crippen molar-refractivity contribution in [3.05, 3.63) is 60.3 Å². The predicted octanol–water partition coefficient (Wildman–Crippen LogP) is 3.23. The normalized spacial score (nSPS) is 14.0. The van der Waals surface area contributed by atoms with Crippen LogP contribution in [0.15, 0.2) is 48.7 Å². The van der Waals surface area contributed by atoms with E-state index < -0.39 is 11.6 Å². The van der Waals surface area contributed by atoms with Crippen LogP contribution in [0, 0.1) is 11.6 Å². The molecule has 3 aromatic rings. The number of methoxy groups -OCH3 is 1. The molecule has 0 amide bonds. The molecule has 0 radical (unpaired) electrons. The van der Waals surface area contributed by atoms with E-state index in [1.807, 2.05) is 24.3 Å². The Morgan fingerprint density at radius 3 is 2.38 bits per heavy atom. The first-order valence-electron chi connectivity index (χ1n) is 9.18. The lowest BCUT2D eigenvalue weighted by molar-refractivity contribution is 0.415. The lowest BCUT2D eigenvalue weighted by Crippen LogP contribution is -2.46. The summed E-state index contributed by atoms with van der Waals surface area (Å²) in [6, 6.07) is 11.2. The van der Waals surface area contributed by atoms with Crippen LogP contribution in [-0.2, 0) is 0 Å². The van der Waals surface area contributed by atoms with Gasteiger partial charge < -0.3 is 19.9 Å². The molecule has 7 nitrogen and oxygen atoms in total. The summed E-state index contributed by atoms with van der Waals surface area (Å²) >= 11 is 0. The van der Waals surface area contributed by atoms with E-state index in [1.54, 1.807) is 13.3 Å². The van der Waals surface area contributed by atoms with E-state index >= 15 is 0 Å². The number of hydrogen-bond acceptors (Lipinski definition) is 7. The van der Waals surface area contributed by atoms with Crippen LogP contribution in [0.4, 0.5) is 31.9 Å². The topological polar surface area (TPSA) is 66.4 Å². The molecule has 1 aliphatic heterocycles. The lowest BCUT2D eigenvalue weighted by atomic mass is 10.2. The van der Waals surface area contributed by atoms with E-state index in [2.05, 4.69) is 30.3 Å². The summed E-state index contributed by atoms with van der Waals surface area (Å²) in [6.07, 6.45) is 1.58. The lowest BCUT2D eigenvalue weighted by Gasteiger charge is -2.36. The number of anilines is 4. The molecule has 2 heterocycles. The number of halogens is 2. The third-order valence-corrected chi connectivity index (χ3v) is 4.76. The molecule has 29 heavy (non-hydrogen) atoms. The maximum Gasteiger partial charge on any atom is 0.249 e. The van der Waals surface area contributed by atoms with Crippen LogP contribution in [0.25, 0.3) is 0 Å². The van der Waals surface area contributed by atoms with Crippen LogP contribution in [0.3, 0.4) is 0 Å². The summed E-state index contributed by atoms with van der Waals surface area (Å²) in [5, 5.41) is 10.6. The summed E-state index contributed by atoms with van der Waals surface area (Å²) < 4.78 is 32.1. The standard InChI is InChI=1S/C20H20F2N6O/c1-29-16-5-3-15(4-6-16)27-8-10-28(11-9-27)19-13-23-26-20(25-19)24-18-7-2-14(21)12-17(18)22/h2-7,12-13H,8-11H2,1H3,(H,24,25,26). The minimum Gasteiger partial charge on any atom is -0.497 e. The van der Waals surface area contributed by atoms with Crippen LogP contribution in [0.5, 0.6) is 5.75 Å². The van der Waals surface area contributed by atoms with Crippen molar-refractivity contribution >= 4 is 23.1 Å². The van der Waals surface area contributed by atoms with Gasteiger partial charge in [0.2, 0.25) is 5.95 Å². The number of rotatable bonds is 5. The summed E-state index contributed by atoms with van der Waals surface area (Å²) in [4.78, 5) is 8.81. The Morgan fingerprint density at radius 1 is 0.966 bits per heavy atom. The average Bonchev–Trinajstić information content (AvgIpc) is 2.76. The van der Waals surface area contributed by atoms with Crippen molar-refractivity contribution in [2.75, 3.05) is 48.4 Å². The van der Waals surface area contributed by atoms with E-state index in [0.717, 1.165) is 43.7 Å². The van der Waals surface area contributed by atoms with E-state index in [0.29, 0.717) is 5.82 Å². The minimum atomic E-state index is -0.716. The Kier molecular flexibility index (Phi) is 5.37. The Labute approximate surface area is 167 Å². The van der Waals surface area contributed by atoms with Crippen molar-refractivity contribution in [2.24, 2.45) is 0 Å². The van der Waals surface area contributed by atoms with Gasteiger partial charge in [0.1, 0.15) is 17.4 Å². The van der Waals surface area contributed by atoms with Gasteiger partial charge in [0.15, 0.2) is 5.82 Å². The second kappa shape index (κ2) is 8.26. The second-order valence-corrected chi connectivity index (χ2v) is 6.56. The number of piperazine rings is 1. The fraction of sp³-hybridized carbons (Fsp3) is 0.250. The van der Waals surface area contributed by atoms with Crippen LogP contribution in [0.2, 0.25) is 0 Å². The molecule has 0 bridgehead atoms. The first-order valence-corrected chi connectivity index (χ1v) is 9.18. The Bertz CT molecular complexity index is 977. The van der Waals surface area contributed by atoms with Crippen molar-refractivity contribution in [1.29, 1.82) is 0 Å². The fourth-order valence-electron chi connectivity index (χ4n) is 3.20. The third-order valence-electron chi connectivity index (χ3n) is 4.76. The van der Waals surface area contributed by atoms with Crippen molar-refractivity contribution in [1.82, 2.24) is 15.2 Å². The average molecular weight is 398 g/mol. The number of nitrogens with zero attached hydrogens (tertiary/aromatic N) is 5. The molecule has 1 saturated heterocycles. The van der Waals surface area contributed by atoms with E-state index in [-0.39, 0.29) is 11.6 Å². The number of benzene rings is 2. The molecule has 0 atom stereocenters. The highest BCUT2D eigenvalue weighted by Gasteiger charge is 2.19. The smallest absolute Gasteiger partial charge is 0.249 e. The maximum atomic E-state index is 13.8. The van der Waals surface area contributed by atoms with E-state index in [4.69, 9.17) is 4.74 Å². The highest BCUT2D eigenvalue weighted by atomic mass is 19.1. The summed E-state index contributed by atoms with van der Waals surface area (Å²) in [7, 11) is 1.65. The van der Waals surface area contributed by atoms with Crippen LogP contribution in [-0.4, -0.2) is 48.5 Å². The molecule has 1 fully saturated rings. The molecule has 0 saturated carbocycles. The number of aromatic nitrogens is 3. The van der Waals surface area contributed by atoms with Gasteiger partial charge in [0.05, 0.1) is 19.0 Å². The zero-order valence-corrected chi connectivity index (χ0v) is 15.8. The van der Waals surface area contributed by atoms with Crippen LogP contribution in [0.1, 0.15) is 0 Å². The quantitative estimate of drug-likeness (QED) is 0.708. The zero-order valence-electron chi connectivity index (χ0n) is 15.8. The van der Waals surface area contributed by atoms with Crippen molar-refractivity contribution < 1.29 is 13.5 Å². The molecule has 1 N–H and O–H groups in total. The van der Waals surface area contributed by atoms with Crippen molar-refractivity contribution in [3.8, 4) is 5.75 Å². The molecular weight excluding hydrogens is 378 g/mol. The fourth-order valence-corrected chi connectivity index (χ4v) is 3.20. The van der Waals surface area contributed by atoms with E-state index in [9.17, 15) is 8.78 Å². The molecule has 9 heteroatoms. The van der Waals surface area contributed by atoms with Crippen molar-refractivity contribution in [3.63, 3.8) is 0 Å². The Hall–Kier alpha value is -3.49. The Balaban J connectivity index is 1.41. The molecule has 0 unspecified atom stereocenters. The highest BCUT2D eigenvalue weighted by molar-refractivity contribution is 5.56. The van der Waals surface area contributed by atoms with Gasteiger partial charge in [0.25, 0.3) is 0 Å². The number of nitrogens with one attached hydrogen (secondary N) is 1. The molecule has 0 spiro atoms. The number of hydrogen-bond donors (Lipinski definition) is 1. The summed E-state index contributed by atoms with van der Waals surface area (Å²) in [5.41, 5.74) is 1.23. The molecule has 1 aliphatic rings. The number of ether oxygens (including phenoxy) is 1. The molecule has 150 valence electrons. The van der Waals surface area contributed by atoms with Gasteiger partial charge in [-0.1, -0.05) is 0 Å². The summed E-state index contributed by atoms with van der Waals surface area (Å²) in [6.45, 7) is 3.17. The van der Waals surface area contributed by atoms with Gasteiger partial charge in [-0.25, -0.2) is 8.78 Å². The van der Waals surface area contributed by atoms with Gasteiger partial charge >= 0.3 is 0 Å². The predicted molar refractivity (Wildman–Crippen MR) is 107 cm³/mol. The maximum absolute atomic E-state index is 13.8. The van der Waals surface area contributed by atoms with E-state index in [1.165, 1.54) is 12.1 Å². The molecule has 4 rings (SSSR count). The first kappa shape index (κ1) is 18.9. The van der Waals surface area contributed by atoms with Crippen LogP contribution >= 0.6 is 0 Å². The zero-order chi connectivity index (χ0) is 20.2. The third kappa shape index (κ3) is 4.34. The van der Waals surface area contributed by atoms with Gasteiger partial charge in [0, 0.05) is 37.9 Å². The molecule has 0 aliphatic carbocycles. The second-order valence-electron chi connectivity index (χ2n) is 6.56. The van der Waals surface area contributed by atoms with Gasteiger partial charge in [-0.15, -0.1) is 5.10 Å². The SMILES string of the molecule is COc1ccc(N2CCN(c3cnnc(Nc4ccc(F)cc4F)n3)CC2)cc1. The Morgan fingerprint density at radius 2 is 1.69 bits per heavy atom. The highest BCUT2D eigenvalue weighted by Crippen LogP contribution is 2.23. The minimum absolute atomic E-state index is 0.0923. The molecule has 1 aromatic heterocycles. The van der Waals surface area contributed by atoms with Gasteiger partial charge in [-0.3, -0.25) is 0 Å². The summed E-state index contributed by atoms with van der Waals surface area (Å²) in [5.74, 6) is 0.282. The van der Waals surface area contributed by atoms with Gasteiger partial charge in [-0.05, 0) is 36.4 Å².